The maximum atomic E-state index is 12.4. The van der Waals surface area contributed by atoms with Crippen LogP contribution in [0, 0.1) is 0 Å². The van der Waals surface area contributed by atoms with Gasteiger partial charge in [-0.2, -0.15) is 0 Å². The number of aliphatic hydroxyl groups is 1. The average molecular weight is 349 g/mol. The van der Waals surface area contributed by atoms with Gasteiger partial charge in [0.15, 0.2) is 0 Å². The number of benzene rings is 1. The van der Waals surface area contributed by atoms with Crippen molar-refractivity contribution in [1.82, 2.24) is 14.3 Å². The molecule has 5 heteroatoms. The lowest BCUT2D eigenvalue weighted by atomic mass is 9.86. The van der Waals surface area contributed by atoms with Gasteiger partial charge in [-0.3, -0.25) is 14.1 Å². The van der Waals surface area contributed by atoms with Crippen molar-refractivity contribution in [2.24, 2.45) is 0 Å². The van der Waals surface area contributed by atoms with Crippen LogP contribution in [0.3, 0.4) is 0 Å². The molecule has 0 saturated heterocycles. The first kappa shape index (κ1) is 16.9. The number of nitrogens with zero attached hydrogens (tertiary/aromatic N) is 3. The van der Waals surface area contributed by atoms with Crippen LogP contribution in [-0.4, -0.2) is 32.5 Å². The van der Waals surface area contributed by atoms with Gasteiger partial charge in [-0.05, 0) is 42.5 Å². The number of fused-ring (bicyclic) bond motifs is 2. The lowest BCUT2D eigenvalue weighted by Gasteiger charge is -2.35. The molecule has 0 aliphatic heterocycles. The maximum absolute atomic E-state index is 12.4. The molecule has 3 aromatic rings. The normalized spacial score (nSPS) is 16.8. The summed E-state index contributed by atoms with van der Waals surface area (Å²) in [7, 11) is 0. The topological polar surface area (TPSA) is 57.8 Å². The highest BCUT2D eigenvalue weighted by Gasteiger charge is 2.26. The van der Waals surface area contributed by atoms with Crippen molar-refractivity contribution in [2.75, 3.05) is 13.2 Å². The highest BCUT2D eigenvalue weighted by atomic mass is 16.3. The van der Waals surface area contributed by atoms with Gasteiger partial charge in [0.1, 0.15) is 5.65 Å². The first-order valence-corrected chi connectivity index (χ1v) is 9.16. The van der Waals surface area contributed by atoms with Gasteiger partial charge in [0.25, 0.3) is 5.56 Å². The third-order valence-corrected chi connectivity index (χ3v) is 5.15. The van der Waals surface area contributed by atoms with Crippen LogP contribution in [0.15, 0.2) is 59.5 Å². The fraction of sp³-hybridized carbons (Fsp3) is 0.333. The first-order valence-electron chi connectivity index (χ1n) is 9.16. The lowest BCUT2D eigenvalue weighted by Crippen LogP contribution is -2.34. The first-order chi connectivity index (χ1) is 12.8. The van der Waals surface area contributed by atoms with Crippen LogP contribution in [0.5, 0.6) is 0 Å². The molecule has 0 amide bonds. The number of rotatable bonds is 5. The molecule has 1 aromatic carbocycles. The van der Waals surface area contributed by atoms with Gasteiger partial charge in [0.05, 0.1) is 12.3 Å². The standard InChI is InChI=1S/C21H23N3O2/c25-13-12-23(19-9-5-7-16-6-1-2-8-18(16)19)15-17-14-21(26)24-11-4-3-10-20(24)22-17/h1-4,6,8,10-11,14,19,25H,5,7,9,12-13,15H2. The zero-order chi connectivity index (χ0) is 17.9. The van der Waals surface area contributed by atoms with Gasteiger partial charge in [0, 0.05) is 31.4 Å². The average Bonchev–Trinajstić information content (AvgIpc) is 2.67. The second-order valence-corrected chi connectivity index (χ2v) is 6.82. The van der Waals surface area contributed by atoms with Gasteiger partial charge in [0.2, 0.25) is 0 Å². The number of aromatic nitrogens is 2. The third kappa shape index (κ3) is 3.28. The fourth-order valence-corrected chi connectivity index (χ4v) is 3.97. The van der Waals surface area contributed by atoms with E-state index in [4.69, 9.17) is 0 Å². The Morgan fingerprint density at radius 2 is 2.04 bits per heavy atom. The molecule has 1 atom stereocenters. The molecule has 2 heterocycles. The summed E-state index contributed by atoms with van der Waals surface area (Å²) in [6.45, 7) is 1.21. The van der Waals surface area contributed by atoms with E-state index in [1.54, 1.807) is 16.7 Å². The molecule has 26 heavy (non-hydrogen) atoms. The molecule has 1 aliphatic carbocycles. The summed E-state index contributed by atoms with van der Waals surface area (Å²) in [6, 6.07) is 16.0. The number of pyridine rings is 1. The van der Waals surface area contributed by atoms with Gasteiger partial charge < -0.3 is 5.11 Å². The van der Waals surface area contributed by atoms with Crippen LogP contribution in [0.2, 0.25) is 0 Å². The number of hydrogen-bond donors (Lipinski definition) is 1. The predicted molar refractivity (Wildman–Crippen MR) is 101 cm³/mol. The van der Waals surface area contributed by atoms with Crippen molar-refractivity contribution >= 4 is 5.65 Å². The molecular formula is C21H23N3O2. The Kier molecular flexibility index (Phi) is 4.82. The molecule has 134 valence electrons. The minimum absolute atomic E-state index is 0.0707. The lowest BCUT2D eigenvalue weighted by molar-refractivity contribution is 0.130. The summed E-state index contributed by atoms with van der Waals surface area (Å²) in [4.78, 5) is 19.3. The summed E-state index contributed by atoms with van der Waals surface area (Å²) in [6.07, 6.45) is 5.04. The van der Waals surface area contributed by atoms with Gasteiger partial charge in [-0.25, -0.2) is 4.98 Å². The predicted octanol–water partition coefficient (Wildman–Crippen LogP) is 2.57. The fourth-order valence-electron chi connectivity index (χ4n) is 3.97. The highest BCUT2D eigenvalue weighted by Crippen LogP contribution is 2.34. The molecule has 1 N–H and O–H groups in total. The van der Waals surface area contributed by atoms with Crippen LogP contribution in [-0.2, 0) is 13.0 Å². The summed E-state index contributed by atoms with van der Waals surface area (Å²) < 4.78 is 1.55. The molecule has 0 bridgehead atoms. The van der Waals surface area contributed by atoms with Crippen molar-refractivity contribution in [2.45, 2.75) is 31.8 Å². The molecule has 0 saturated carbocycles. The van der Waals surface area contributed by atoms with Crippen LogP contribution in [0.1, 0.15) is 35.7 Å². The van der Waals surface area contributed by atoms with Gasteiger partial charge in [-0.1, -0.05) is 30.3 Å². The van der Waals surface area contributed by atoms with Gasteiger partial charge >= 0.3 is 0 Å². The second kappa shape index (κ2) is 7.40. The van der Waals surface area contributed by atoms with E-state index in [-0.39, 0.29) is 18.2 Å². The van der Waals surface area contributed by atoms with E-state index in [2.05, 4.69) is 34.1 Å². The van der Waals surface area contributed by atoms with Crippen molar-refractivity contribution in [3.63, 3.8) is 0 Å². The minimum Gasteiger partial charge on any atom is -0.395 e. The third-order valence-electron chi connectivity index (χ3n) is 5.15. The summed E-state index contributed by atoms with van der Waals surface area (Å²) >= 11 is 0. The smallest absolute Gasteiger partial charge is 0.258 e. The molecule has 1 aliphatic rings. The van der Waals surface area contributed by atoms with E-state index in [1.807, 2.05) is 18.2 Å². The minimum atomic E-state index is -0.0707. The maximum Gasteiger partial charge on any atom is 0.258 e. The zero-order valence-electron chi connectivity index (χ0n) is 14.7. The Balaban J connectivity index is 1.67. The van der Waals surface area contributed by atoms with Crippen molar-refractivity contribution in [3.8, 4) is 0 Å². The Morgan fingerprint density at radius 3 is 2.92 bits per heavy atom. The number of aryl methyl sites for hydroxylation is 1. The molecule has 5 nitrogen and oxygen atoms in total. The molecule has 0 fully saturated rings. The number of hydrogen-bond acceptors (Lipinski definition) is 4. The van der Waals surface area contributed by atoms with E-state index in [1.165, 1.54) is 11.1 Å². The Hall–Kier alpha value is -2.50. The Morgan fingerprint density at radius 1 is 1.19 bits per heavy atom. The van der Waals surface area contributed by atoms with Crippen molar-refractivity contribution in [3.05, 3.63) is 81.9 Å². The van der Waals surface area contributed by atoms with Crippen LogP contribution < -0.4 is 5.56 Å². The molecule has 2 aromatic heterocycles. The van der Waals surface area contributed by atoms with Crippen LogP contribution in [0.4, 0.5) is 0 Å². The van der Waals surface area contributed by atoms with E-state index in [0.717, 1.165) is 25.0 Å². The molecule has 4 rings (SSSR count). The number of aliphatic hydroxyl groups excluding tert-OH is 1. The second-order valence-electron chi connectivity index (χ2n) is 6.82. The monoisotopic (exact) mass is 349 g/mol. The quantitative estimate of drug-likeness (QED) is 0.769. The SMILES string of the molecule is O=c1cc(CN(CCO)C2CCCc3ccccc32)nc2ccccn12. The van der Waals surface area contributed by atoms with E-state index in [9.17, 15) is 9.90 Å². The van der Waals surface area contributed by atoms with Gasteiger partial charge in [-0.15, -0.1) is 0 Å². The Labute approximate surface area is 152 Å². The van der Waals surface area contributed by atoms with Crippen LogP contribution in [0.25, 0.3) is 5.65 Å². The Bertz CT molecular complexity index is 967. The zero-order valence-corrected chi connectivity index (χ0v) is 14.7. The highest BCUT2D eigenvalue weighted by molar-refractivity contribution is 5.38. The molecular weight excluding hydrogens is 326 g/mol. The molecule has 0 spiro atoms. The summed E-state index contributed by atoms with van der Waals surface area (Å²) in [5.41, 5.74) is 4.06. The van der Waals surface area contributed by atoms with E-state index in [0.29, 0.717) is 18.7 Å². The van der Waals surface area contributed by atoms with Crippen molar-refractivity contribution < 1.29 is 5.11 Å². The van der Waals surface area contributed by atoms with E-state index < -0.39 is 0 Å². The van der Waals surface area contributed by atoms with Crippen LogP contribution >= 0.6 is 0 Å². The summed E-state index contributed by atoms with van der Waals surface area (Å²) in [5, 5.41) is 9.59. The van der Waals surface area contributed by atoms with E-state index >= 15 is 0 Å². The molecule has 0 radical (unpaired) electrons. The summed E-state index contributed by atoms with van der Waals surface area (Å²) in [5.74, 6) is 0. The van der Waals surface area contributed by atoms with Crippen molar-refractivity contribution in [1.29, 1.82) is 0 Å². The molecule has 1 unspecified atom stereocenters. The largest absolute Gasteiger partial charge is 0.395 e.